The number of nitrogens with one attached hydrogen (secondary N) is 2. The van der Waals surface area contributed by atoms with Crippen LogP contribution >= 0.6 is 23.2 Å². The number of phenols is 1. The lowest BCUT2D eigenvalue weighted by molar-refractivity contribution is 0.0597. The van der Waals surface area contributed by atoms with Crippen LogP contribution in [0.4, 0.5) is 17.3 Å². The van der Waals surface area contributed by atoms with Crippen molar-refractivity contribution in [3.8, 4) is 5.75 Å². The van der Waals surface area contributed by atoms with Gasteiger partial charge in [-0.25, -0.2) is 9.78 Å². The Bertz CT molecular complexity index is 935. The van der Waals surface area contributed by atoms with Gasteiger partial charge in [0, 0.05) is 0 Å². The molecule has 0 spiro atoms. The van der Waals surface area contributed by atoms with Gasteiger partial charge in [-0.2, -0.15) is 0 Å². The summed E-state index contributed by atoms with van der Waals surface area (Å²) in [5.41, 5.74) is 6.99. The predicted molar refractivity (Wildman–Crippen MR) is 93.3 cm³/mol. The van der Waals surface area contributed by atoms with E-state index < -0.39 is 5.97 Å². The second-order valence-corrected chi connectivity index (χ2v) is 5.69. The summed E-state index contributed by atoms with van der Waals surface area (Å²) in [5.74, 6) is -0.791. The van der Waals surface area contributed by atoms with E-state index in [1.54, 1.807) is 18.2 Å². The molecule has 9 heteroatoms. The number of hydrogen-bond acceptors (Lipinski definition) is 6. The third-order valence-electron chi connectivity index (χ3n) is 3.40. The number of halogens is 2. The second-order valence-electron chi connectivity index (χ2n) is 4.88. The highest BCUT2D eigenvalue weighted by molar-refractivity contribution is 6.39. The minimum atomic E-state index is -0.715. The van der Waals surface area contributed by atoms with Crippen LogP contribution in [0, 0.1) is 0 Å². The molecule has 5 N–H and O–H groups in total. The molecule has 2 aromatic carbocycles. The first kappa shape index (κ1) is 16.2. The molecule has 24 heavy (non-hydrogen) atoms. The molecule has 3 rings (SSSR count). The van der Waals surface area contributed by atoms with Crippen molar-refractivity contribution in [3.05, 3.63) is 39.9 Å². The van der Waals surface area contributed by atoms with Crippen LogP contribution in [0.3, 0.4) is 0 Å². The zero-order valence-corrected chi connectivity index (χ0v) is 13.9. The van der Waals surface area contributed by atoms with Crippen LogP contribution in [0.25, 0.3) is 11.0 Å². The number of esters is 1. The minimum absolute atomic E-state index is 0.0151. The Labute approximate surface area is 146 Å². The minimum Gasteiger partial charge on any atom is -0.505 e. The number of nitrogen functional groups attached to an aromatic ring is 1. The van der Waals surface area contributed by atoms with E-state index in [1.807, 2.05) is 0 Å². The van der Waals surface area contributed by atoms with Gasteiger partial charge in [0.25, 0.3) is 0 Å². The fourth-order valence-electron chi connectivity index (χ4n) is 2.23. The first-order valence-electron chi connectivity index (χ1n) is 6.73. The Morgan fingerprint density at radius 1 is 1.38 bits per heavy atom. The Kier molecular flexibility index (Phi) is 4.13. The van der Waals surface area contributed by atoms with Crippen molar-refractivity contribution in [1.29, 1.82) is 0 Å². The second kappa shape index (κ2) is 6.10. The highest BCUT2D eigenvalue weighted by Crippen LogP contribution is 2.36. The predicted octanol–water partition coefficient (Wildman–Crippen LogP) is 3.69. The number of nitrogens with two attached hydrogens (primary N) is 1. The van der Waals surface area contributed by atoms with E-state index in [9.17, 15) is 9.90 Å². The first-order chi connectivity index (χ1) is 11.4. The number of benzene rings is 2. The zero-order valence-electron chi connectivity index (χ0n) is 12.4. The third kappa shape index (κ3) is 2.68. The molecule has 0 radical (unpaired) electrons. The van der Waals surface area contributed by atoms with Crippen LogP contribution in [0.15, 0.2) is 24.3 Å². The van der Waals surface area contributed by atoms with Crippen LogP contribution in [-0.4, -0.2) is 28.2 Å². The number of aromatic nitrogens is 2. The van der Waals surface area contributed by atoms with Crippen LogP contribution < -0.4 is 11.1 Å². The monoisotopic (exact) mass is 366 g/mol. The maximum Gasteiger partial charge on any atom is 0.341 e. The van der Waals surface area contributed by atoms with E-state index in [-0.39, 0.29) is 17.0 Å². The smallest absolute Gasteiger partial charge is 0.341 e. The average molecular weight is 367 g/mol. The quantitative estimate of drug-likeness (QED) is 0.319. The number of aromatic amines is 1. The summed E-state index contributed by atoms with van der Waals surface area (Å²) in [6.07, 6.45) is 0. The van der Waals surface area contributed by atoms with E-state index in [0.717, 1.165) is 0 Å². The number of carbonyl (C=O) groups is 1. The lowest BCUT2D eigenvalue weighted by Crippen LogP contribution is -2.03. The summed E-state index contributed by atoms with van der Waals surface area (Å²) in [4.78, 5) is 18.9. The molecule has 0 bridgehead atoms. The molecule has 124 valence electrons. The molecule has 0 fully saturated rings. The van der Waals surface area contributed by atoms with E-state index in [1.165, 1.54) is 13.2 Å². The van der Waals surface area contributed by atoms with Gasteiger partial charge in [-0.15, -0.1) is 0 Å². The number of carbonyl (C=O) groups excluding carboxylic acids is 1. The Hall–Kier alpha value is -2.64. The van der Waals surface area contributed by atoms with E-state index in [2.05, 4.69) is 20.0 Å². The van der Waals surface area contributed by atoms with Gasteiger partial charge in [-0.05, 0) is 18.2 Å². The number of methoxy groups -OCH3 is 1. The molecule has 1 aromatic heterocycles. The highest BCUT2D eigenvalue weighted by Gasteiger charge is 2.19. The topological polar surface area (TPSA) is 113 Å². The Morgan fingerprint density at radius 2 is 2.04 bits per heavy atom. The summed E-state index contributed by atoms with van der Waals surface area (Å²) < 4.78 is 4.61. The molecular weight excluding hydrogens is 355 g/mol. The number of fused-ring (bicyclic) bond motifs is 1. The number of phenolic OH excluding ortho intramolecular Hbond substituents is 1. The highest BCUT2D eigenvalue weighted by atomic mass is 35.5. The van der Waals surface area contributed by atoms with E-state index in [4.69, 9.17) is 28.9 Å². The molecule has 0 saturated carbocycles. The van der Waals surface area contributed by atoms with Gasteiger partial charge in [-0.3, -0.25) is 0 Å². The van der Waals surface area contributed by atoms with Crippen molar-refractivity contribution in [1.82, 2.24) is 9.97 Å². The molecule has 3 aromatic rings. The third-order valence-corrected chi connectivity index (χ3v) is 4.03. The van der Waals surface area contributed by atoms with Crippen molar-refractivity contribution in [2.45, 2.75) is 0 Å². The number of imidazole rings is 1. The molecule has 0 saturated heterocycles. The van der Waals surface area contributed by atoms with Gasteiger partial charge in [0.1, 0.15) is 11.3 Å². The van der Waals surface area contributed by atoms with Crippen molar-refractivity contribution < 1.29 is 14.6 Å². The standard InChI is InChI=1S/C15H12Cl2N4O3/c1-24-14(23)6-5-9-12(10(18)13(6)22)21-15(19-9)20-11-7(16)3-2-4-8(11)17/h2-5,22H,18H2,1H3,(H2,19,20,21). The van der Waals surface area contributed by atoms with Gasteiger partial charge in [0.05, 0.1) is 33.9 Å². The van der Waals surface area contributed by atoms with Gasteiger partial charge in [0.2, 0.25) is 5.95 Å². The number of ether oxygens (including phenoxy) is 1. The van der Waals surface area contributed by atoms with Gasteiger partial charge < -0.3 is 25.9 Å². The van der Waals surface area contributed by atoms with Crippen LogP contribution in [0.2, 0.25) is 10.0 Å². The molecule has 0 unspecified atom stereocenters. The SMILES string of the molecule is COC(=O)c1cc2nc(Nc3c(Cl)cccc3Cl)[nH]c2c(N)c1O. The lowest BCUT2D eigenvalue weighted by Gasteiger charge is -2.07. The Balaban J connectivity index is 2.09. The molecule has 0 amide bonds. The lowest BCUT2D eigenvalue weighted by atomic mass is 10.1. The number of anilines is 3. The summed E-state index contributed by atoms with van der Waals surface area (Å²) in [7, 11) is 1.21. The molecule has 0 aliphatic rings. The maximum absolute atomic E-state index is 11.7. The molecule has 0 atom stereocenters. The van der Waals surface area contributed by atoms with Gasteiger partial charge in [0.15, 0.2) is 5.75 Å². The molecule has 0 aliphatic carbocycles. The molecule has 7 nitrogen and oxygen atoms in total. The molecular formula is C15H12Cl2N4O3. The van der Waals surface area contributed by atoms with Crippen LogP contribution in [0.1, 0.15) is 10.4 Å². The van der Waals surface area contributed by atoms with Crippen molar-refractivity contribution in [2.24, 2.45) is 0 Å². The fourth-order valence-corrected chi connectivity index (χ4v) is 2.72. The van der Waals surface area contributed by atoms with Crippen molar-refractivity contribution in [2.75, 3.05) is 18.2 Å². The van der Waals surface area contributed by atoms with E-state index in [0.29, 0.717) is 32.7 Å². The first-order valence-corrected chi connectivity index (χ1v) is 7.48. The summed E-state index contributed by atoms with van der Waals surface area (Å²) >= 11 is 12.2. The number of rotatable bonds is 3. The fraction of sp³-hybridized carbons (Fsp3) is 0.0667. The normalized spacial score (nSPS) is 10.8. The van der Waals surface area contributed by atoms with Gasteiger partial charge in [-0.1, -0.05) is 29.3 Å². The maximum atomic E-state index is 11.7. The van der Waals surface area contributed by atoms with Crippen LogP contribution in [0.5, 0.6) is 5.75 Å². The van der Waals surface area contributed by atoms with Crippen molar-refractivity contribution in [3.63, 3.8) is 0 Å². The number of nitrogens with zero attached hydrogens (tertiary/aromatic N) is 1. The van der Waals surface area contributed by atoms with E-state index >= 15 is 0 Å². The van der Waals surface area contributed by atoms with Crippen molar-refractivity contribution >= 4 is 57.5 Å². The zero-order chi connectivity index (χ0) is 17.4. The number of aromatic hydroxyl groups is 1. The summed E-state index contributed by atoms with van der Waals surface area (Å²) in [6.45, 7) is 0. The Morgan fingerprint density at radius 3 is 2.67 bits per heavy atom. The number of H-pyrrole nitrogens is 1. The number of para-hydroxylation sites is 1. The molecule has 0 aliphatic heterocycles. The average Bonchev–Trinajstić information content (AvgIpc) is 2.97. The largest absolute Gasteiger partial charge is 0.505 e. The summed E-state index contributed by atoms with van der Waals surface area (Å²) in [5, 5.41) is 13.8. The number of hydrogen-bond donors (Lipinski definition) is 4. The summed E-state index contributed by atoms with van der Waals surface area (Å²) in [6, 6.07) is 6.44. The molecule has 1 heterocycles. The van der Waals surface area contributed by atoms with Crippen LogP contribution in [-0.2, 0) is 4.74 Å². The van der Waals surface area contributed by atoms with Gasteiger partial charge >= 0.3 is 5.97 Å².